The monoisotopic (exact) mass is 361 g/mol. The van der Waals surface area contributed by atoms with E-state index in [1.54, 1.807) is 24.3 Å². The minimum Gasteiger partial charge on any atom is -0.323 e. The highest BCUT2D eigenvalue weighted by atomic mass is 35.5. The van der Waals surface area contributed by atoms with E-state index in [9.17, 15) is 4.79 Å². The number of amides is 1. The van der Waals surface area contributed by atoms with Crippen molar-refractivity contribution in [2.24, 2.45) is 0 Å². The van der Waals surface area contributed by atoms with E-state index in [4.69, 9.17) is 23.2 Å². The van der Waals surface area contributed by atoms with Crippen molar-refractivity contribution in [2.75, 3.05) is 5.32 Å². The van der Waals surface area contributed by atoms with Crippen molar-refractivity contribution in [1.29, 1.82) is 0 Å². The van der Waals surface area contributed by atoms with Gasteiger partial charge >= 0.3 is 0 Å². The van der Waals surface area contributed by atoms with Crippen LogP contribution in [-0.4, -0.2) is 26.1 Å². The zero-order valence-corrected chi connectivity index (χ0v) is 14.2. The normalized spacial score (nSPS) is 10.6. The van der Waals surface area contributed by atoms with Crippen LogP contribution in [0.25, 0.3) is 11.4 Å². The highest BCUT2D eigenvalue weighted by Crippen LogP contribution is 2.24. The second-order valence-corrected chi connectivity index (χ2v) is 5.97. The number of hydrogen-bond acceptors (Lipinski definition) is 4. The number of aromatic nitrogens is 4. The van der Waals surface area contributed by atoms with Gasteiger partial charge in [-0.15, -0.1) is 10.2 Å². The van der Waals surface area contributed by atoms with Gasteiger partial charge in [-0.25, -0.2) is 0 Å². The third-order valence-electron chi connectivity index (χ3n) is 3.25. The molecule has 3 rings (SSSR count). The number of rotatable bonds is 4. The molecular formula is C16H13Cl2N5O. The predicted octanol–water partition coefficient (Wildman–Crippen LogP) is 3.59. The number of benzene rings is 2. The molecule has 6 nitrogen and oxygen atoms in total. The minimum atomic E-state index is -0.302. The van der Waals surface area contributed by atoms with Crippen LogP contribution < -0.4 is 5.32 Å². The van der Waals surface area contributed by atoms with Crippen molar-refractivity contribution in [1.82, 2.24) is 20.2 Å². The number of halogens is 2. The number of tetrazole rings is 1. The van der Waals surface area contributed by atoms with Crippen LogP contribution in [-0.2, 0) is 11.3 Å². The summed E-state index contributed by atoms with van der Waals surface area (Å²) in [7, 11) is 0. The van der Waals surface area contributed by atoms with Gasteiger partial charge in [0.15, 0.2) is 0 Å². The fourth-order valence-corrected chi connectivity index (χ4v) is 2.60. The molecule has 0 aliphatic rings. The lowest BCUT2D eigenvalue weighted by atomic mass is 10.2. The molecule has 0 fully saturated rings. The molecule has 0 aliphatic heterocycles. The molecule has 122 valence electrons. The molecule has 0 bridgehead atoms. The summed E-state index contributed by atoms with van der Waals surface area (Å²) in [5, 5.41) is 15.7. The number of carbonyl (C=O) groups excluding carboxylic acids is 1. The topological polar surface area (TPSA) is 72.7 Å². The molecule has 3 aromatic rings. The highest BCUT2D eigenvalue weighted by molar-refractivity contribution is 6.34. The van der Waals surface area contributed by atoms with Gasteiger partial charge in [0.05, 0.1) is 15.7 Å². The van der Waals surface area contributed by atoms with Crippen LogP contribution in [0, 0.1) is 6.92 Å². The Morgan fingerprint density at radius 2 is 1.96 bits per heavy atom. The fourth-order valence-electron chi connectivity index (χ4n) is 2.10. The van der Waals surface area contributed by atoms with Crippen LogP contribution in [0.5, 0.6) is 0 Å². The Morgan fingerprint density at radius 3 is 2.71 bits per heavy atom. The van der Waals surface area contributed by atoms with Crippen LogP contribution in [0.3, 0.4) is 0 Å². The van der Waals surface area contributed by atoms with E-state index in [1.165, 1.54) is 4.80 Å². The molecule has 0 atom stereocenters. The Labute approximate surface area is 148 Å². The minimum absolute atomic E-state index is 0.0817. The Hall–Kier alpha value is -2.44. The lowest BCUT2D eigenvalue weighted by Gasteiger charge is -2.07. The lowest BCUT2D eigenvalue weighted by Crippen LogP contribution is -2.20. The number of carbonyl (C=O) groups is 1. The quantitative estimate of drug-likeness (QED) is 0.770. The maximum Gasteiger partial charge on any atom is 0.248 e. The molecule has 1 heterocycles. The summed E-state index contributed by atoms with van der Waals surface area (Å²) >= 11 is 12.2. The van der Waals surface area contributed by atoms with E-state index >= 15 is 0 Å². The second kappa shape index (κ2) is 6.98. The van der Waals surface area contributed by atoms with Gasteiger partial charge in [-0.05, 0) is 42.0 Å². The molecule has 0 saturated heterocycles. The molecule has 2 aromatic carbocycles. The molecule has 8 heteroatoms. The number of hydrogen-bond donors (Lipinski definition) is 1. The lowest BCUT2D eigenvalue weighted by molar-refractivity contribution is -0.117. The molecule has 1 N–H and O–H groups in total. The van der Waals surface area contributed by atoms with Crippen LogP contribution in [0.15, 0.2) is 42.5 Å². The maximum absolute atomic E-state index is 12.1. The molecule has 1 amide bonds. The summed E-state index contributed by atoms with van der Waals surface area (Å²) in [6, 6.07) is 12.6. The highest BCUT2D eigenvalue weighted by Gasteiger charge is 2.12. The zero-order valence-electron chi connectivity index (χ0n) is 12.7. The first kappa shape index (κ1) is 16.4. The summed E-state index contributed by atoms with van der Waals surface area (Å²) in [6.07, 6.45) is 0. The number of anilines is 1. The first-order chi connectivity index (χ1) is 11.5. The Morgan fingerprint density at radius 1 is 1.17 bits per heavy atom. The van der Waals surface area contributed by atoms with Crippen LogP contribution >= 0.6 is 23.2 Å². The second-order valence-electron chi connectivity index (χ2n) is 5.15. The van der Waals surface area contributed by atoms with Crippen molar-refractivity contribution in [3.8, 4) is 11.4 Å². The molecule has 0 spiro atoms. The maximum atomic E-state index is 12.1. The third-order valence-corrected chi connectivity index (χ3v) is 3.89. The van der Waals surface area contributed by atoms with Gasteiger partial charge in [0.25, 0.3) is 0 Å². The number of aryl methyl sites for hydroxylation is 1. The van der Waals surface area contributed by atoms with Crippen LogP contribution in [0.1, 0.15) is 5.56 Å². The summed E-state index contributed by atoms with van der Waals surface area (Å²) < 4.78 is 0. The SMILES string of the molecule is Cc1ccc(NC(=O)Cn2nnc(-c3ccccc3Cl)n2)c(Cl)c1. The Bertz CT molecular complexity index is 894. The number of nitrogens with zero attached hydrogens (tertiary/aromatic N) is 4. The van der Waals surface area contributed by atoms with Gasteiger partial charge in [0.2, 0.25) is 11.7 Å². The average Bonchev–Trinajstić information content (AvgIpc) is 2.99. The Kier molecular flexibility index (Phi) is 4.78. The van der Waals surface area contributed by atoms with Gasteiger partial charge in [-0.3, -0.25) is 4.79 Å². The third kappa shape index (κ3) is 3.72. The van der Waals surface area contributed by atoms with E-state index in [0.29, 0.717) is 27.1 Å². The van der Waals surface area contributed by atoms with Crippen LogP contribution in [0.2, 0.25) is 10.0 Å². The van der Waals surface area contributed by atoms with Crippen molar-refractivity contribution < 1.29 is 4.79 Å². The van der Waals surface area contributed by atoms with E-state index in [1.807, 2.05) is 25.1 Å². The predicted molar refractivity (Wildman–Crippen MR) is 93.1 cm³/mol. The molecule has 0 radical (unpaired) electrons. The summed E-state index contributed by atoms with van der Waals surface area (Å²) in [5.74, 6) is 0.0608. The van der Waals surface area contributed by atoms with Crippen molar-refractivity contribution >= 4 is 34.8 Å². The van der Waals surface area contributed by atoms with Crippen LogP contribution in [0.4, 0.5) is 5.69 Å². The smallest absolute Gasteiger partial charge is 0.248 e. The Balaban J connectivity index is 1.70. The van der Waals surface area contributed by atoms with E-state index < -0.39 is 0 Å². The van der Waals surface area contributed by atoms with E-state index in [-0.39, 0.29) is 12.5 Å². The first-order valence-electron chi connectivity index (χ1n) is 7.11. The first-order valence-corrected chi connectivity index (χ1v) is 7.87. The molecule has 1 aromatic heterocycles. The van der Waals surface area contributed by atoms with Crippen molar-refractivity contribution in [2.45, 2.75) is 13.5 Å². The van der Waals surface area contributed by atoms with Gasteiger partial charge < -0.3 is 5.32 Å². The zero-order chi connectivity index (χ0) is 17.1. The van der Waals surface area contributed by atoms with Gasteiger partial charge in [0, 0.05) is 5.56 Å². The van der Waals surface area contributed by atoms with E-state index in [2.05, 4.69) is 20.7 Å². The van der Waals surface area contributed by atoms with E-state index in [0.717, 1.165) is 5.56 Å². The molecule has 24 heavy (non-hydrogen) atoms. The fraction of sp³-hybridized carbons (Fsp3) is 0.125. The van der Waals surface area contributed by atoms with Crippen molar-refractivity contribution in [3.05, 3.63) is 58.1 Å². The average molecular weight is 362 g/mol. The summed E-state index contributed by atoms with van der Waals surface area (Å²) in [6.45, 7) is 1.84. The standard InChI is InChI=1S/C16H13Cl2N5O/c1-10-6-7-14(13(18)8-10)19-15(24)9-23-21-16(20-22-23)11-4-2-3-5-12(11)17/h2-8H,9H2,1H3,(H,19,24). The van der Waals surface area contributed by atoms with Gasteiger partial charge in [-0.1, -0.05) is 41.4 Å². The molecule has 0 saturated carbocycles. The largest absolute Gasteiger partial charge is 0.323 e. The number of nitrogens with one attached hydrogen (secondary N) is 1. The summed E-state index contributed by atoms with van der Waals surface area (Å²) in [4.78, 5) is 13.3. The van der Waals surface area contributed by atoms with Gasteiger partial charge in [0.1, 0.15) is 6.54 Å². The molecular weight excluding hydrogens is 349 g/mol. The molecule has 0 unspecified atom stereocenters. The van der Waals surface area contributed by atoms with Gasteiger partial charge in [-0.2, -0.15) is 4.80 Å². The van der Waals surface area contributed by atoms with Crippen molar-refractivity contribution in [3.63, 3.8) is 0 Å². The summed E-state index contributed by atoms with van der Waals surface area (Å²) in [5.41, 5.74) is 2.21. The molecule has 0 aliphatic carbocycles.